The lowest BCUT2D eigenvalue weighted by molar-refractivity contribution is -0.139. The summed E-state index contributed by atoms with van der Waals surface area (Å²) in [6.45, 7) is 3.79. The maximum atomic E-state index is 13.8. The lowest BCUT2D eigenvalue weighted by Crippen LogP contribution is -2.39. The molecule has 36 heavy (non-hydrogen) atoms. The first-order valence-electron chi connectivity index (χ1n) is 11.3. The van der Waals surface area contributed by atoms with Gasteiger partial charge in [0.15, 0.2) is 16.3 Å². The van der Waals surface area contributed by atoms with Gasteiger partial charge in [0, 0.05) is 5.56 Å². The number of fused-ring (bicyclic) bond motifs is 2. The normalized spacial score (nSPS) is 16.4. The fourth-order valence-corrected chi connectivity index (χ4v) is 5.32. The number of rotatable bonds is 6. The van der Waals surface area contributed by atoms with Crippen LogP contribution in [0.15, 0.2) is 57.5 Å². The van der Waals surface area contributed by atoms with Crippen molar-refractivity contribution in [2.24, 2.45) is 4.99 Å². The molecule has 2 aliphatic heterocycles. The van der Waals surface area contributed by atoms with Crippen molar-refractivity contribution in [2.45, 2.75) is 19.9 Å². The number of esters is 1. The Morgan fingerprint density at radius 1 is 1.17 bits per heavy atom. The van der Waals surface area contributed by atoms with Crippen LogP contribution in [0.25, 0.3) is 6.08 Å². The van der Waals surface area contributed by atoms with Gasteiger partial charge in [-0.25, -0.2) is 9.79 Å². The molecule has 0 unspecified atom stereocenters. The topological polar surface area (TPSA) is 97.6 Å². The number of hydrogen-bond donors (Lipinski definition) is 0. The van der Waals surface area contributed by atoms with E-state index in [2.05, 4.69) is 4.99 Å². The minimum Gasteiger partial charge on any atom is -0.497 e. The third kappa shape index (κ3) is 4.03. The molecule has 0 aliphatic carbocycles. The predicted octanol–water partition coefficient (Wildman–Crippen LogP) is 2.54. The molecule has 3 heterocycles. The van der Waals surface area contributed by atoms with E-state index >= 15 is 0 Å². The fourth-order valence-electron chi connectivity index (χ4n) is 4.28. The van der Waals surface area contributed by atoms with E-state index in [1.807, 2.05) is 6.07 Å². The summed E-state index contributed by atoms with van der Waals surface area (Å²) in [5.74, 6) is 1.86. The van der Waals surface area contributed by atoms with Gasteiger partial charge in [-0.3, -0.25) is 9.36 Å². The third-order valence-electron chi connectivity index (χ3n) is 5.95. The Bertz CT molecular complexity index is 1570. The van der Waals surface area contributed by atoms with Crippen LogP contribution in [0.3, 0.4) is 0 Å². The highest BCUT2D eigenvalue weighted by Crippen LogP contribution is 2.38. The van der Waals surface area contributed by atoms with E-state index in [0.717, 1.165) is 0 Å². The van der Waals surface area contributed by atoms with E-state index in [0.29, 0.717) is 54.7 Å². The summed E-state index contributed by atoms with van der Waals surface area (Å²) in [5.41, 5.74) is 1.86. The number of methoxy groups -OCH3 is 2. The second-order valence-electron chi connectivity index (χ2n) is 8.02. The Morgan fingerprint density at radius 3 is 2.72 bits per heavy atom. The Morgan fingerprint density at radius 2 is 1.97 bits per heavy atom. The molecule has 0 amide bonds. The van der Waals surface area contributed by atoms with Crippen LogP contribution >= 0.6 is 11.3 Å². The van der Waals surface area contributed by atoms with Crippen molar-refractivity contribution < 1.29 is 28.5 Å². The summed E-state index contributed by atoms with van der Waals surface area (Å²) in [6, 6.07) is 9.98. The highest BCUT2D eigenvalue weighted by molar-refractivity contribution is 7.07. The van der Waals surface area contributed by atoms with Gasteiger partial charge in [-0.2, -0.15) is 0 Å². The number of carbonyl (C=O) groups excluding carboxylic acids is 1. The Labute approximate surface area is 210 Å². The quantitative estimate of drug-likeness (QED) is 0.472. The van der Waals surface area contributed by atoms with Crippen LogP contribution < -0.4 is 33.8 Å². The molecule has 0 fully saturated rings. The van der Waals surface area contributed by atoms with E-state index in [-0.39, 0.29) is 19.0 Å². The molecule has 0 N–H and O–H groups in total. The van der Waals surface area contributed by atoms with Crippen molar-refractivity contribution in [1.82, 2.24) is 4.57 Å². The first-order chi connectivity index (χ1) is 17.4. The van der Waals surface area contributed by atoms with Gasteiger partial charge in [0.25, 0.3) is 5.56 Å². The van der Waals surface area contributed by atoms with E-state index in [1.54, 1.807) is 64.5 Å². The largest absolute Gasteiger partial charge is 0.497 e. The molecular weight excluding hydrogens is 484 g/mol. The Hall–Kier alpha value is -4.05. The Balaban J connectivity index is 1.73. The second-order valence-corrected chi connectivity index (χ2v) is 9.03. The standard InChI is InChI=1S/C26H24N2O7S/c1-5-33-25(30)22-14(2)27-26-28(23(22)15-6-8-19-20(11-15)35-13-34-19)24(29)21(36-26)12-16-10-17(31-3)7-9-18(16)32-4/h6-12,23H,5,13H2,1-4H3/b21-12-/t23-/m0/s1. The fraction of sp³-hybridized carbons (Fsp3) is 0.269. The van der Waals surface area contributed by atoms with Gasteiger partial charge in [-0.05, 0) is 55.8 Å². The van der Waals surface area contributed by atoms with Crippen molar-refractivity contribution >= 4 is 23.4 Å². The summed E-state index contributed by atoms with van der Waals surface area (Å²) in [4.78, 5) is 31.9. The smallest absolute Gasteiger partial charge is 0.338 e. The molecule has 0 spiro atoms. The predicted molar refractivity (Wildman–Crippen MR) is 133 cm³/mol. The minimum atomic E-state index is -0.746. The second kappa shape index (κ2) is 9.54. The van der Waals surface area contributed by atoms with E-state index < -0.39 is 12.0 Å². The average molecular weight is 509 g/mol. The number of hydrogen-bond acceptors (Lipinski definition) is 9. The van der Waals surface area contributed by atoms with Crippen LogP contribution in [0, 0.1) is 0 Å². The molecule has 0 saturated heterocycles. The van der Waals surface area contributed by atoms with Gasteiger partial charge in [0.05, 0.1) is 42.7 Å². The third-order valence-corrected chi connectivity index (χ3v) is 6.94. The molecule has 9 nitrogen and oxygen atoms in total. The monoisotopic (exact) mass is 508 g/mol. The van der Waals surface area contributed by atoms with Crippen LogP contribution in [-0.4, -0.2) is 38.2 Å². The summed E-state index contributed by atoms with van der Waals surface area (Å²) in [7, 11) is 3.14. The number of nitrogens with zero attached hydrogens (tertiary/aromatic N) is 2. The maximum absolute atomic E-state index is 13.8. The highest BCUT2D eigenvalue weighted by atomic mass is 32.1. The van der Waals surface area contributed by atoms with Crippen LogP contribution in [0.4, 0.5) is 0 Å². The van der Waals surface area contributed by atoms with Crippen molar-refractivity contribution in [2.75, 3.05) is 27.6 Å². The zero-order valence-electron chi connectivity index (χ0n) is 20.2. The first kappa shape index (κ1) is 23.7. The van der Waals surface area contributed by atoms with Gasteiger partial charge in [-0.1, -0.05) is 17.4 Å². The maximum Gasteiger partial charge on any atom is 0.338 e. The van der Waals surface area contributed by atoms with Crippen LogP contribution in [0.1, 0.15) is 31.0 Å². The number of ether oxygens (including phenoxy) is 5. The molecule has 186 valence electrons. The molecule has 0 saturated carbocycles. The Kier molecular flexibility index (Phi) is 6.27. The summed E-state index contributed by atoms with van der Waals surface area (Å²) in [6.07, 6.45) is 1.74. The van der Waals surface area contributed by atoms with E-state index in [4.69, 9.17) is 23.7 Å². The number of aromatic nitrogens is 1. The molecule has 3 aromatic rings. The summed E-state index contributed by atoms with van der Waals surface area (Å²) < 4.78 is 29.1. The number of allylic oxidation sites excluding steroid dienone is 1. The van der Waals surface area contributed by atoms with Crippen LogP contribution in [0.2, 0.25) is 0 Å². The van der Waals surface area contributed by atoms with Crippen molar-refractivity contribution in [3.05, 3.63) is 78.5 Å². The number of thiazole rings is 1. The van der Waals surface area contributed by atoms with E-state index in [9.17, 15) is 9.59 Å². The molecule has 5 rings (SSSR count). The number of carbonyl (C=O) groups is 1. The molecule has 0 radical (unpaired) electrons. The van der Waals surface area contributed by atoms with Crippen LogP contribution in [0.5, 0.6) is 23.0 Å². The molecule has 2 aromatic carbocycles. The van der Waals surface area contributed by atoms with Gasteiger partial charge in [-0.15, -0.1) is 0 Å². The van der Waals surface area contributed by atoms with Gasteiger partial charge in [0.2, 0.25) is 6.79 Å². The summed E-state index contributed by atoms with van der Waals surface area (Å²) in [5, 5.41) is 0. The van der Waals surface area contributed by atoms with Crippen LogP contribution in [-0.2, 0) is 9.53 Å². The van der Waals surface area contributed by atoms with Gasteiger partial charge in [0.1, 0.15) is 11.5 Å². The molecule has 1 aromatic heterocycles. The highest BCUT2D eigenvalue weighted by Gasteiger charge is 2.34. The molecule has 0 bridgehead atoms. The van der Waals surface area contributed by atoms with Gasteiger partial charge >= 0.3 is 5.97 Å². The molecule has 1 atom stereocenters. The van der Waals surface area contributed by atoms with Crippen molar-refractivity contribution in [3.63, 3.8) is 0 Å². The zero-order valence-corrected chi connectivity index (χ0v) is 21.0. The van der Waals surface area contributed by atoms with Gasteiger partial charge < -0.3 is 23.7 Å². The van der Waals surface area contributed by atoms with Crippen molar-refractivity contribution in [1.29, 1.82) is 0 Å². The minimum absolute atomic E-state index is 0.115. The lowest BCUT2D eigenvalue weighted by Gasteiger charge is -2.24. The lowest BCUT2D eigenvalue weighted by atomic mass is 9.95. The SMILES string of the molecule is CCOC(=O)C1=C(C)N=c2s/c(=C\c3cc(OC)ccc3OC)c(=O)n2[C@H]1c1ccc2c(c1)OCO2. The van der Waals surface area contributed by atoms with Crippen molar-refractivity contribution in [3.8, 4) is 23.0 Å². The number of benzene rings is 2. The average Bonchev–Trinajstić information content (AvgIpc) is 3.47. The van der Waals surface area contributed by atoms with E-state index in [1.165, 1.54) is 15.9 Å². The zero-order chi connectivity index (χ0) is 25.4. The summed E-state index contributed by atoms with van der Waals surface area (Å²) >= 11 is 1.23. The molecule has 10 heteroatoms. The molecular formula is C26H24N2O7S. The first-order valence-corrected chi connectivity index (χ1v) is 12.1. The molecule has 2 aliphatic rings.